The van der Waals surface area contributed by atoms with Crippen LogP contribution in [0.5, 0.6) is 0 Å². The normalized spacial score (nSPS) is 20.0. The van der Waals surface area contributed by atoms with Crippen LogP contribution in [0.3, 0.4) is 0 Å². The van der Waals surface area contributed by atoms with Gasteiger partial charge in [0.25, 0.3) is 0 Å². The lowest BCUT2D eigenvalue weighted by Gasteiger charge is -2.34. The Hall–Kier alpha value is -2.31. The highest BCUT2D eigenvalue weighted by Crippen LogP contribution is 2.37. The summed E-state index contributed by atoms with van der Waals surface area (Å²) in [6.45, 7) is 5.81. The van der Waals surface area contributed by atoms with Crippen LogP contribution >= 0.6 is 11.6 Å². The van der Waals surface area contributed by atoms with E-state index in [9.17, 15) is 8.42 Å². The highest BCUT2D eigenvalue weighted by atomic mass is 35.5. The number of oxazole rings is 1. The number of aromatic nitrogens is 1. The molecule has 1 aliphatic heterocycles. The molecule has 7 heteroatoms. The fraction of sp³-hybridized carbons (Fsp3) is 0.318. The van der Waals surface area contributed by atoms with Crippen LogP contribution in [-0.2, 0) is 9.84 Å². The molecule has 3 aromatic rings. The SMILES string of the molecule is CC1CC(C)CN(c2oc(-c3ccc(Cl)cc3)nc2S(=O)(=O)c2ccccc2)C1. The maximum atomic E-state index is 13.4. The van der Waals surface area contributed by atoms with Gasteiger partial charge in [-0.3, -0.25) is 0 Å². The maximum Gasteiger partial charge on any atom is 0.236 e. The Kier molecular flexibility index (Phi) is 5.40. The molecule has 1 aliphatic rings. The zero-order chi connectivity index (χ0) is 20.6. The predicted octanol–water partition coefficient (Wildman–Crippen LogP) is 5.31. The van der Waals surface area contributed by atoms with Gasteiger partial charge in [-0.2, -0.15) is 4.98 Å². The summed E-state index contributed by atoms with van der Waals surface area (Å²) >= 11 is 5.99. The van der Waals surface area contributed by atoms with Crippen molar-refractivity contribution in [2.24, 2.45) is 11.8 Å². The summed E-state index contributed by atoms with van der Waals surface area (Å²) in [6.07, 6.45) is 1.11. The van der Waals surface area contributed by atoms with Crippen LogP contribution in [-0.4, -0.2) is 26.5 Å². The average Bonchev–Trinajstić information content (AvgIpc) is 3.15. The van der Waals surface area contributed by atoms with E-state index in [2.05, 4.69) is 18.8 Å². The first-order valence-corrected chi connectivity index (χ1v) is 11.5. The second-order valence-electron chi connectivity index (χ2n) is 7.80. The molecule has 2 unspecified atom stereocenters. The van der Waals surface area contributed by atoms with E-state index in [-0.39, 0.29) is 15.8 Å². The predicted molar refractivity (Wildman–Crippen MR) is 114 cm³/mol. The lowest BCUT2D eigenvalue weighted by Crippen LogP contribution is -2.39. The number of benzene rings is 2. The molecule has 2 heterocycles. The van der Waals surface area contributed by atoms with Crippen LogP contribution in [0.2, 0.25) is 5.02 Å². The Morgan fingerprint density at radius 2 is 1.62 bits per heavy atom. The van der Waals surface area contributed by atoms with E-state index in [4.69, 9.17) is 16.0 Å². The van der Waals surface area contributed by atoms with Crippen molar-refractivity contribution < 1.29 is 12.8 Å². The van der Waals surface area contributed by atoms with E-state index in [1.54, 1.807) is 54.6 Å². The third-order valence-corrected chi connectivity index (χ3v) is 7.05. The number of rotatable bonds is 4. The number of anilines is 1. The molecule has 0 N–H and O–H groups in total. The Labute approximate surface area is 176 Å². The summed E-state index contributed by atoms with van der Waals surface area (Å²) in [6, 6.07) is 15.4. The van der Waals surface area contributed by atoms with E-state index in [0.717, 1.165) is 19.5 Å². The lowest BCUT2D eigenvalue weighted by atomic mass is 9.92. The van der Waals surface area contributed by atoms with E-state index in [1.807, 2.05) is 4.90 Å². The number of hydrogen-bond donors (Lipinski definition) is 0. The fourth-order valence-corrected chi connectivity index (χ4v) is 5.40. The minimum absolute atomic E-state index is 0.0325. The van der Waals surface area contributed by atoms with Crippen molar-refractivity contribution in [2.75, 3.05) is 18.0 Å². The summed E-state index contributed by atoms with van der Waals surface area (Å²) in [7, 11) is -3.82. The molecule has 1 fully saturated rings. The largest absolute Gasteiger partial charge is 0.419 e. The number of hydrogen-bond acceptors (Lipinski definition) is 5. The Morgan fingerprint density at radius 3 is 2.24 bits per heavy atom. The Morgan fingerprint density at radius 1 is 1.00 bits per heavy atom. The van der Waals surface area contributed by atoms with Gasteiger partial charge in [-0.15, -0.1) is 0 Å². The van der Waals surface area contributed by atoms with Crippen LogP contribution in [0, 0.1) is 11.8 Å². The molecular weight excluding hydrogens is 408 g/mol. The maximum absolute atomic E-state index is 13.4. The van der Waals surface area contributed by atoms with Crippen molar-refractivity contribution in [3.8, 4) is 11.5 Å². The van der Waals surface area contributed by atoms with Crippen molar-refractivity contribution in [3.63, 3.8) is 0 Å². The van der Waals surface area contributed by atoms with Crippen molar-refractivity contribution in [2.45, 2.75) is 30.2 Å². The summed E-state index contributed by atoms with van der Waals surface area (Å²) in [5.41, 5.74) is 0.684. The highest BCUT2D eigenvalue weighted by molar-refractivity contribution is 7.91. The first kappa shape index (κ1) is 20.0. The molecule has 5 nitrogen and oxygen atoms in total. The van der Waals surface area contributed by atoms with E-state index < -0.39 is 9.84 Å². The molecule has 4 rings (SSSR count). The van der Waals surface area contributed by atoms with Gasteiger partial charge in [0.15, 0.2) is 0 Å². The van der Waals surface area contributed by atoms with Gasteiger partial charge in [-0.1, -0.05) is 43.6 Å². The van der Waals surface area contributed by atoms with Gasteiger partial charge in [-0.05, 0) is 54.7 Å². The quantitative estimate of drug-likeness (QED) is 0.561. The summed E-state index contributed by atoms with van der Waals surface area (Å²) < 4.78 is 32.9. The number of nitrogens with zero attached hydrogens (tertiary/aromatic N) is 2. The first-order chi connectivity index (χ1) is 13.8. The van der Waals surface area contributed by atoms with E-state index in [1.165, 1.54) is 0 Å². The second-order valence-corrected chi connectivity index (χ2v) is 10.1. The van der Waals surface area contributed by atoms with E-state index in [0.29, 0.717) is 28.3 Å². The number of sulfone groups is 1. The van der Waals surface area contributed by atoms with Gasteiger partial charge < -0.3 is 9.32 Å². The first-order valence-electron chi connectivity index (χ1n) is 9.66. The van der Waals surface area contributed by atoms with Crippen LogP contribution < -0.4 is 4.90 Å². The minimum atomic E-state index is -3.82. The molecule has 0 aliphatic carbocycles. The second kappa shape index (κ2) is 7.84. The molecule has 2 atom stereocenters. The molecule has 0 radical (unpaired) electrons. The summed E-state index contributed by atoms with van der Waals surface area (Å²) in [4.78, 5) is 6.66. The molecule has 29 heavy (non-hydrogen) atoms. The summed E-state index contributed by atoms with van der Waals surface area (Å²) in [5.74, 6) is 1.47. The van der Waals surface area contributed by atoms with Gasteiger partial charge in [0.05, 0.1) is 4.90 Å². The van der Waals surface area contributed by atoms with Crippen LogP contribution in [0.15, 0.2) is 68.9 Å². The van der Waals surface area contributed by atoms with Crippen LogP contribution in [0.25, 0.3) is 11.5 Å². The molecule has 2 aromatic carbocycles. The third-order valence-electron chi connectivity index (χ3n) is 5.13. The number of piperidine rings is 1. The zero-order valence-electron chi connectivity index (χ0n) is 16.4. The van der Waals surface area contributed by atoms with Crippen molar-refractivity contribution in [1.82, 2.24) is 4.98 Å². The Balaban J connectivity index is 1.85. The molecule has 1 aromatic heterocycles. The van der Waals surface area contributed by atoms with Gasteiger partial charge >= 0.3 is 0 Å². The Bertz CT molecular complexity index is 1080. The zero-order valence-corrected chi connectivity index (χ0v) is 17.9. The third kappa shape index (κ3) is 4.05. The highest BCUT2D eigenvalue weighted by Gasteiger charge is 2.34. The molecule has 0 saturated carbocycles. The van der Waals surface area contributed by atoms with Crippen molar-refractivity contribution >= 4 is 27.3 Å². The van der Waals surface area contributed by atoms with Gasteiger partial charge in [0, 0.05) is 23.7 Å². The monoisotopic (exact) mass is 430 g/mol. The number of halogens is 1. The standard InChI is InChI=1S/C22H23ClN2O3S/c1-15-12-16(2)14-25(13-15)22-21(29(26,27)19-6-4-3-5-7-19)24-20(28-22)17-8-10-18(23)11-9-17/h3-11,15-16H,12-14H2,1-2H3. The average molecular weight is 431 g/mol. The van der Waals surface area contributed by atoms with Crippen LogP contribution in [0.1, 0.15) is 20.3 Å². The summed E-state index contributed by atoms with van der Waals surface area (Å²) in [5, 5.41) is 0.561. The molecule has 0 spiro atoms. The minimum Gasteiger partial charge on any atom is -0.419 e. The van der Waals surface area contributed by atoms with Gasteiger partial charge in [0.2, 0.25) is 26.6 Å². The molecule has 1 saturated heterocycles. The molecular formula is C22H23ClN2O3S. The molecule has 0 amide bonds. The topological polar surface area (TPSA) is 63.4 Å². The van der Waals surface area contributed by atoms with Crippen molar-refractivity contribution in [3.05, 3.63) is 59.6 Å². The molecule has 152 valence electrons. The fourth-order valence-electron chi connectivity index (χ4n) is 3.93. The van der Waals surface area contributed by atoms with Gasteiger partial charge in [0.1, 0.15) is 0 Å². The molecule has 0 bridgehead atoms. The van der Waals surface area contributed by atoms with Gasteiger partial charge in [-0.25, -0.2) is 8.42 Å². The smallest absolute Gasteiger partial charge is 0.236 e. The lowest BCUT2D eigenvalue weighted by molar-refractivity contribution is 0.342. The van der Waals surface area contributed by atoms with E-state index >= 15 is 0 Å². The van der Waals surface area contributed by atoms with Crippen LogP contribution in [0.4, 0.5) is 5.88 Å². The van der Waals surface area contributed by atoms with Crippen molar-refractivity contribution in [1.29, 1.82) is 0 Å².